The molecule has 0 aromatic carbocycles. The van der Waals surface area contributed by atoms with E-state index in [-0.39, 0.29) is 0 Å². The maximum Gasteiger partial charge on any atom is 0.0479 e. The van der Waals surface area contributed by atoms with Crippen molar-refractivity contribution < 1.29 is 4.74 Å². The van der Waals surface area contributed by atoms with Crippen molar-refractivity contribution in [2.75, 3.05) is 13.2 Å². The fourth-order valence-corrected chi connectivity index (χ4v) is 1.79. The van der Waals surface area contributed by atoms with Crippen LogP contribution in [0.15, 0.2) is 0 Å². The quantitative estimate of drug-likeness (QED) is 0.469. The van der Waals surface area contributed by atoms with E-state index in [1.165, 1.54) is 0 Å². The highest BCUT2D eigenvalue weighted by Crippen LogP contribution is 2.36. The summed E-state index contributed by atoms with van der Waals surface area (Å²) in [5.41, 5.74) is 0. The Bertz CT molecular complexity index is 89.1. The van der Waals surface area contributed by atoms with Gasteiger partial charge in [-0.1, -0.05) is 10.8 Å². The first kappa shape index (κ1) is 7.76. The number of ether oxygens (including phenoxy) is 1. The molecule has 0 N–H and O–H groups in total. The van der Waals surface area contributed by atoms with Gasteiger partial charge in [-0.05, 0) is 19.8 Å². The Kier molecular flexibility index (Phi) is 2.73. The second-order valence-electron chi connectivity index (χ2n) is 2.65. The molecule has 0 aromatic rings. The van der Waals surface area contributed by atoms with Gasteiger partial charge in [-0.25, -0.2) is 0 Å². The third-order valence-corrected chi connectivity index (χ3v) is 3.94. The minimum Gasteiger partial charge on any atom is -0.381 e. The van der Waals surface area contributed by atoms with Crippen molar-refractivity contribution in [1.29, 1.82) is 0 Å². The Morgan fingerprint density at radius 1 is 1.44 bits per heavy atom. The summed E-state index contributed by atoms with van der Waals surface area (Å²) >= 11 is 4.21. The zero-order valence-corrected chi connectivity index (χ0v) is 7.30. The predicted molar refractivity (Wildman–Crippen MR) is 45.0 cm³/mol. The molecule has 1 nitrogen and oxygen atoms in total. The maximum absolute atomic E-state index is 5.22. The smallest absolute Gasteiger partial charge is 0.0479 e. The van der Waals surface area contributed by atoms with Gasteiger partial charge in [0.15, 0.2) is 0 Å². The Labute approximate surface area is 65.3 Å². The van der Waals surface area contributed by atoms with Crippen LogP contribution in [0.3, 0.4) is 0 Å². The van der Waals surface area contributed by atoms with E-state index in [0.29, 0.717) is 4.75 Å². The Morgan fingerprint density at radius 2 is 2.00 bits per heavy atom. The van der Waals surface area contributed by atoms with Gasteiger partial charge in [0.25, 0.3) is 0 Å². The molecule has 0 aliphatic carbocycles. The highest BCUT2D eigenvalue weighted by atomic mass is 33.1. The Hall–Kier alpha value is 0.660. The Morgan fingerprint density at radius 3 is 2.33 bits per heavy atom. The molecule has 0 saturated carbocycles. The molecule has 0 unspecified atom stereocenters. The van der Waals surface area contributed by atoms with E-state index in [4.69, 9.17) is 4.74 Å². The van der Waals surface area contributed by atoms with Gasteiger partial charge >= 0.3 is 0 Å². The molecule has 0 aromatic heterocycles. The lowest BCUT2D eigenvalue weighted by Gasteiger charge is -2.30. The first-order chi connectivity index (χ1) is 4.27. The van der Waals surface area contributed by atoms with E-state index in [1.54, 1.807) is 10.8 Å². The van der Waals surface area contributed by atoms with Crippen LogP contribution in [0.4, 0.5) is 0 Å². The molecule has 1 aliphatic rings. The van der Waals surface area contributed by atoms with Gasteiger partial charge < -0.3 is 4.74 Å². The lowest BCUT2D eigenvalue weighted by atomic mass is 10.0. The SMILES string of the molecule is CC1(SS)CCOCC1. The summed E-state index contributed by atoms with van der Waals surface area (Å²) in [6.45, 7) is 4.06. The third-order valence-electron chi connectivity index (χ3n) is 1.77. The molecule has 0 radical (unpaired) electrons. The molecule has 1 saturated heterocycles. The monoisotopic (exact) mass is 164 g/mol. The molecule has 1 heterocycles. The lowest BCUT2D eigenvalue weighted by molar-refractivity contribution is 0.0819. The molecule has 0 atom stereocenters. The first-order valence-electron chi connectivity index (χ1n) is 3.17. The van der Waals surface area contributed by atoms with Crippen molar-refractivity contribution in [3.05, 3.63) is 0 Å². The standard InChI is InChI=1S/C6H12OS2/c1-6(9-8)2-4-7-5-3-6/h8H,2-5H2,1H3. The van der Waals surface area contributed by atoms with E-state index in [9.17, 15) is 0 Å². The summed E-state index contributed by atoms with van der Waals surface area (Å²) in [6, 6.07) is 0. The summed E-state index contributed by atoms with van der Waals surface area (Å²) in [7, 11) is 1.66. The van der Waals surface area contributed by atoms with Crippen LogP contribution in [0.25, 0.3) is 0 Å². The van der Waals surface area contributed by atoms with Crippen LogP contribution in [0.1, 0.15) is 19.8 Å². The molecule has 0 amide bonds. The van der Waals surface area contributed by atoms with Gasteiger partial charge in [-0.2, -0.15) is 0 Å². The zero-order valence-electron chi connectivity index (χ0n) is 5.59. The van der Waals surface area contributed by atoms with Gasteiger partial charge in [0, 0.05) is 18.0 Å². The molecular weight excluding hydrogens is 152 g/mol. The van der Waals surface area contributed by atoms with Crippen molar-refractivity contribution in [2.24, 2.45) is 0 Å². The average Bonchev–Trinajstić information content (AvgIpc) is 1.90. The minimum absolute atomic E-state index is 0.376. The van der Waals surface area contributed by atoms with E-state index < -0.39 is 0 Å². The fraction of sp³-hybridized carbons (Fsp3) is 1.00. The molecule has 1 aliphatic heterocycles. The summed E-state index contributed by atoms with van der Waals surface area (Å²) in [5.74, 6) is 0. The topological polar surface area (TPSA) is 9.23 Å². The summed E-state index contributed by atoms with van der Waals surface area (Å²) in [5, 5.41) is 0. The van der Waals surface area contributed by atoms with Crippen LogP contribution < -0.4 is 0 Å². The summed E-state index contributed by atoms with van der Waals surface area (Å²) in [4.78, 5) is 0. The highest BCUT2D eigenvalue weighted by molar-refractivity contribution is 8.69. The number of hydrogen-bond acceptors (Lipinski definition) is 3. The van der Waals surface area contributed by atoms with Crippen LogP contribution in [0.5, 0.6) is 0 Å². The molecule has 0 spiro atoms. The Balaban J connectivity index is 2.37. The molecule has 9 heavy (non-hydrogen) atoms. The molecule has 1 fully saturated rings. The first-order valence-corrected chi connectivity index (χ1v) is 5.04. The van der Waals surface area contributed by atoms with Crippen LogP contribution in [-0.4, -0.2) is 18.0 Å². The molecule has 3 heteroatoms. The molecular formula is C6H12OS2. The van der Waals surface area contributed by atoms with Crippen molar-refractivity contribution in [3.8, 4) is 0 Å². The summed E-state index contributed by atoms with van der Waals surface area (Å²) in [6.07, 6.45) is 2.28. The van der Waals surface area contributed by atoms with Crippen molar-refractivity contribution >= 4 is 22.5 Å². The van der Waals surface area contributed by atoms with Gasteiger partial charge in [0.2, 0.25) is 0 Å². The maximum atomic E-state index is 5.22. The van der Waals surface area contributed by atoms with Crippen LogP contribution in [-0.2, 0) is 4.74 Å². The number of hydrogen-bond donors (Lipinski definition) is 1. The fourth-order valence-electron chi connectivity index (χ4n) is 0.894. The van der Waals surface area contributed by atoms with Crippen LogP contribution in [0.2, 0.25) is 0 Å². The number of thiol groups is 1. The molecule has 54 valence electrons. The van der Waals surface area contributed by atoms with E-state index in [2.05, 4.69) is 18.6 Å². The van der Waals surface area contributed by atoms with E-state index in [1.807, 2.05) is 0 Å². The third kappa shape index (κ3) is 2.06. The number of rotatable bonds is 1. The van der Waals surface area contributed by atoms with E-state index >= 15 is 0 Å². The highest BCUT2D eigenvalue weighted by Gasteiger charge is 2.26. The molecule has 0 bridgehead atoms. The van der Waals surface area contributed by atoms with Crippen molar-refractivity contribution in [1.82, 2.24) is 0 Å². The minimum atomic E-state index is 0.376. The largest absolute Gasteiger partial charge is 0.381 e. The lowest BCUT2D eigenvalue weighted by Crippen LogP contribution is -2.28. The predicted octanol–water partition coefficient (Wildman–Crippen LogP) is 2.13. The van der Waals surface area contributed by atoms with Gasteiger partial charge in [0.05, 0.1) is 0 Å². The van der Waals surface area contributed by atoms with Crippen molar-refractivity contribution in [2.45, 2.75) is 24.5 Å². The van der Waals surface area contributed by atoms with Crippen LogP contribution in [0, 0.1) is 0 Å². The van der Waals surface area contributed by atoms with Gasteiger partial charge in [-0.15, -0.1) is 11.7 Å². The van der Waals surface area contributed by atoms with Gasteiger partial charge in [0.1, 0.15) is 0 Å². The van der Waals surface area contributed by atoms with Crippen molar-refractivity contribution in [3.63, 3.8) is 0 Å². The van der Waals surface area contributed by atoms with Gasteiger partial charge in [-0.3, -0.25) is 0 Å². The van der Waals surface area contributed by atoms with E-state index in [0.717, 1.165) is 26.1 Å². The average molecular weight is 164 g/mol. The second kappa shape index (κ2) is 3.17. The second-order valence-corrected chi connectivity index (χ2v) is 4.37. The zero-order chi connectivity index (χ0) is 6.74. The summed E-state index contributed by atoms with van der Waals surface area (Å²) < 4.78 is 5.60. The molecule has 1 rings (SSSR count). The normalized spacial score (nSPS) is 26.0. The van der Waals surface area contributed by atoms with Crippen LogP contribution >= 0.6 is 22.5 Å².